The molecule has 0 spiro atoms. The summed E-state index contributed by atoms with van der Waals surface area (Å²) in [5.74, 6) is -6.95. The third-order valence-electron chi connectivity index (χ3n) is 11.2. The van der Waals surface area contributed by atoms with Gasteiger partial charge in [-0.15, -0.1) is 0 Å². The van der Waals surface area contributed by atoms with E-state index in [1.54, 1.807) is 20.8 Å². The first-order valence-corrected chi connectivity index (χ1v) is 20.5. The lowest BCUT2D eigenvalue weighted by Gasteiger charge is -2.36. The second-order valence-corrected chi connectivity index (χ2v) is 16.6. The topological polar surface area (TPSA) is 276 Å². The smallest absolute Gasteiger partial charge is 0.338 e. The molecule has 2 fully saturated rings. The van der Waals surface area contributed by atoms with Crippen molar-refractivity contribution in [1.82, 2.24) is 36.5 Å². The summed E-state index contributed by atoms with van der Waals surface area (Å²) >= 11 is 0. The molecule has 0 aromatic carbocycles. The molecule has 326 valence electrons. The van der Waals surface area contributed by atoms with Crippen molar-refractivity contribution in [2.45, 2.75) is 128 Å². The molecular formula is C42H58N8O10. The molecule has 0 unspecified atom stereocenters. The number of primary amides is 1. The minimum atomic E-state index is -1.42. The number of carbonyl (C=O) groups excluding carboxylic acids is 8. The van der Waals surface area contributed by atoms with Crippen molar-refractivity contribution >= 4 is 53.1 Å². The van der Waals surface area contributed by atoms with Crippen molar-refractivity contribution in [2.75, 3.05) is 13.6 Å². The largest absolute Gasteiger partial charge is 0.478 e. The Balaban J connectivity index is 1.58. The monoisotopic (exact) mass is 834 g/mol. The maximum atomic E-state index is 14.5. The van der Waals surface area contributed by atoms with E-state index in [9.17, 15) is 48.3 Å². The number of hydrogen-bond donors (Lipinski definition) is 7. The maximum Gasteiger partial charge on any atom is 0.338 e. The van der Waals surface area contributed by atoms with Crippen LogP contribution >= 0.6 is 0 Å². The number of nitrogens with two attached hydrogens (primary N) is 1. The molecule has 1 aromatic heterocycles. The zero-order valence-corrected chi connectivity index (χ0v) is 34.7. The van der Waals surface area contributed by atoms with E-state index in [0.717, 1.165) is 56.0 Å². The van der Waals surface area contributed by atoms with E-state index in [4.69, 9.17) is 5.73 Å². The first kappa shape index (κ1) is 46.7. The number of hydrogen-bond acceptors (Lipinski definition) is 10. The summed E-state index contributed by atoms with van der Waals surface area (Å²) in [6.45, 7) is 4.54. The fourth-order valence-electron chi connectivity index (χ4n) is 7.83. The Morgan fingerprint density at radius 3 is 2.28 bits per heavy atom. The van der Waals surface area contributed by atoms with Crippen LogP contribution in [-0.2, 0) is 33.6 Å². The second-order valence-electron chi connectivity index (χ2n) is 16.6. The normalized spacial score (nSPS) is 19.3. The van der Waals surface area contributed by atoms with Gasteiger partial charge in [0.25, 0.3) is 5.91 Å². The lowest BCUT2D eigenvalue weighted by atomic mass is 9.83. The summed E-state index contributed by atoms with van der Waals surface area (Å²) in [7, 11) is 1.44. The molecule has 18 nitrogen and oxygen atoms in total. The van der Waals surface area contributed by atoms with E-state index >= 15 is 0 Å². The fourth-order valence-corrected chi connectivity index (χ4v) is 7.83. The van der Waals surface area contributed by atoms with Crippen LogP contribution < -0.4 is 32.3 Å². The van der Waals surface area contributed by atoms with Gasteiger partial charge in [-0.2, -0.15) is 0 Å². The Kier molecular flexibility index (Phi) is 16.6. The molecule has 60 heavy (non-hydrogen) atoms. The van der Waals surface area contributed by atoms with Crippen LogP contribution in [0.4, 0.5) is 0 Å². The maximum absolute atomic E-state index is 14.5. The molecule has 0 bridgehead atoms. The Morgan fingerprint density at radius 2 is 1.67 bits per heavy atom. The van der Waals surface area contributed by atoms with Crippen molar-refractivity contribution < 1.29 is 48.3 Å². The molecule has 4 rings (SSSR count). The second kappa shape index (κ2) is 21.4. The highest BCUT2D eigenvalue weighted by Gasteiger charge is 2.46. The lowest BCUT2D eigenvalue weighted by molar-refractivity contribution is -0.144. The van der Waals surface area contributed by atoms with Crippen molar-refractivity contribution in [2.24, 2.45) is 17.1 Å². The minimum absolute atomic E-state index is 0.0759. The van der Waals surface area contributed by atoms with Crippen LogP contribution in [0.3, 0.4) is 0 Å². The first-order valence-electron chi connectivity index (χ1n) is 20.5. The number of amides is 7. The van der Waals surface area contributed by atoms with E-state index in [-0.39, 0.29) is 30.7 Å². The number of ketones is 1. The predicted octanol–water partition coefficient (Wildman–Crippen LogP) is 1.20. The number of Topliss-reactive ketones (excluding diaryl/α,β-unsaturated/α-hetero) is 1. The SMILES string of the molecule is CNC(=O)/C=C/CC[C@H](NC(=O)c1ccncc1C(=O)O)C(=O)N[C@H](C(=O)N1CC(=O)C[C@H]1C(=O)N[C@H](C(=O)N[C@H](C(N)=O)C1CCCCC1)C1=CCCCC1)C(C)(C)C. The molecule has 5 atom stereocenters. The van der Waals surface area contributed by atoms with Crippen LogP contribution in [0.2, 0.25) is 0 Å². The van der Waals surface area contributed by atoms with Crippen molar-refractivity contribution in [3.8, 4) is 0 Å². The predicted molar refractivity (Wildman–Crippen MR) is 218 cm³/mol. The number of pyridine rings is 1. The van der Waals surface area contributed by atoms with Gasteiger partial charge in [-0.05, 0) is 80.4 Å². The summed E-state index contributed by atoms with van der Waals surface area (Å²) < 4.78 is 0. The van der Waals surface area contributed by atoms with E-state index in [2.05, 4.69) is 31.6 Å². The van der Waals surface area contributed by atoms with Crippen LogP contribution in [0.5, 0.6) is 0 Å². The zero-order chi connectivity index (χ0) is 44.1. The number of carboxylic acid groups (broad SMARTS) is 1. The molecule has 0 radical (unpaired) electrons. The Hall–Kier alpha value is -5.94. The van der Waals surface area contributed by atoms with Gasteiger partial charge < -0.3 is 42.3 Å². The van der Waals surface area contributed by atoms with Gasteiger partial charge in [0, 0.05) is 25.9 Å². The van der Waals surface area contributed by atoms with Crippen molar-refractivity contribution in [1.29, 1.82) is 0 Å². The number of carbonyl (C=O) groups is 9. The Bertz CT molecular complexity index is 1880. The van der Waals surface area contributed by atoms with Gasteiger partial charge in [-0.1, -0.05) is 52.2 Å². The average Bonchev–Trinajstić information content (AvgIpc) is 3.63. The van der Waals surface area contributed by atoms with Gasteiger partial charge in [0.1, 0.15) is 30.2 Å². The molecule has 1 saturated heterocycles. The van der Waals surface area contributed by atoms with Crippen LogP contribution in [0.1, 0.15) is 119 Å². The molecule has 18 heteroatoms. The summed E-state index contributed by atoms with van der Waals surface area (Å²) in [6.07, 6.45) is 13.6. The number of aromatic nitrogens is 1. The molecule has 2 heterocycles. The van der Waals surface area contributed by atoms with Gasteiger partial charge in [-0.25, -0.2) is 4.79 Å². The standard InChI is InChI=1S/C42H58N8O10/c1-42(2,3)34(49-37(55)29(17-11-12-18-31(52)44-4)46-36(54)27-19-20-45-22-28(27)41(59)60)40(58)50-23-26(51)21-30(50)38(56)48-33(25-15-9-6-10-16-25)39(57)47-32(35(43)53)24-13-7-5-8-14-24/h12,15,18-20,22,24,29-30,32-34H,5-11,13-14,16-17,21,23H2,1-4H3,(H2,43,53)(H,44,52)(H,46,54)(H,47,57)(H,48,56)(H,49,55)(H,59,60)/b18-12+/t29-,30-,32-,33-,34+/m0/s1. The van der Waals surface area contributed by atoms with Gasteiger partial charge in [0.15, 0.2) is 5.78 Å². The fraction of sp³-hybridized carbons (Fsp3) is 0.571. The number of nitrogens with zero attached hydrogens (tertiary/aromatic N) is 2. The molecule has 1 aromatic rings. The van der Waals surface area contributed by atoms with E-state index < -0.39 is 101 Å². The highest BCUT2D eigenvalue weighted by Crippen LogP contribution is 2.29. The quantitative estimate of drug-likeness (QED) is 0.0865. The number of likely N-dealkylation sites (N-methyl/N-ethyl adjacent to an activating group) is 1. The number of nitrogens with one attached hydrogen (secondary N) is 5. The average molecular weight is 835 g/mol. The Labute approximate surface area is 349 Å². The minimum Gasteiger partial charge on any atom is -0.478 e. The number of allylic oxidation sites excluding steroid dienone is 2. The molecule has 7 amide bonds. The van der Waals surface area contributed by atoms with Crippen LogP contribution in [-0.4, -0.2) is 112 Å². The zero-order valence-electron chi connectivity index (χ0n) is 34.7. The molecule has 2 aliphatic carbocycles. The van der Waals surface area contributed by atoms with Crippen LogP contribution in [0.25, 0.3) is 0 Å². The van der Waals surface area contributed by atoms with Gasteiger partial charge in [-0.3, -0.25) is 43.3 Å². The van der Waals surface area contributed by atoms with Crippen molar-refractivity contribution in [3.63, 3.8) is 0 Å². The molecular weight excluding hydrogens is 777 g/mol. The van der Waals surface area contributed by atoms with Gasteiger partial charge in [0.05, 0.1) is 17.7 Å². The first-order chi connectivity index (χ1) is 28.4. The van der Waals surface area contributed by atoms with E-state index in [1.165, 1.54) is 31.5 Å². The summed E-state index contributed by atoms with van der Waals surface area (Å²) in [4.78, 5) is 124. The Morgan fingerprint density at radius 1 is 0.950 bits per heavy atom. The number of rotatable bonds is 17. The van der Waals surface area contributed by atoms with Crippen LogP contribution in [0.15, 0.2) is 42.3 Å². The van der Waals surface area contributed by atoms with Crippen LogP contribution in [0, 0.1) is 11.3 Å². The van der Waals surface area contributed by atoms with Gasteiger partial charge in [0.2, 0.25) is 35.4 Å². The molecule has 8 N–H and O–H groups in total. The lowest BCUT2D eigenvalue weighted by Crippen LogP contribution is -2.61. The van der Waals surface area contributed by atoms with Crippen molar-refractivity contribution in [3.05, 3.63) is 53.4 Å². The highest BCUT2D eigenvalue weighted by molar-refractivity contribution is 6.06. The summed E-state index contributed by atoms with van der Waals surface area (Å²) in [5.41, 5.74) is 4.71. The highest BCUT2D eigenvalue weighted by atomic mass is 16.4. The number of likely N-dealkylation sites (tertiary alicyclic amines) is 1. The van der Waals surface area contributed by atoms with E-state index in [0.29, 0.717) is 18.4 Å². The third kappa shape index (κ3) is 12.5. The number of aromatic carboxylic acids is 1. The molecule has 1 saturated carbocycles. The molecule has 3 aliphatic rings. The number of carboxylic acids is 1. The van der Waals surface area contributed by atoms with Gasteiger partial charge >= 0.3 is 5.97 Å². The summed E-state index contributed by atoms with van der Waals surface area (Å²) in [5, 5.41) is 22.9. The third-order valence-corrected chi connectivity index (χ3v) is 11.2. The molecule has 1 aliphatic heterocycles. The summed E-state index contributed by atoms with van der Waals surface area (Å²) in [6, 6.07) is -5.00. The van der Waals surface area contributed by atoms with E-state index in [1.807, 2.05) is 6.08 Å².